The minimum atomic E-state index is -1.33. The molecule has 2 saturated heterocycles. The van der Waals surface area contributed by atoms with Gasteiger partial charge >= 0.3 is 6.09 Å². The molecule has 2 fully saturated rings. The van der Waals surface area contributed by atoms with E-state index in [1.807, 2.05) is 55.4 Å². The fourth-order valence-electron chi connectivity index (χ4n) is 7.11. The molecule has 5 heterocycles. The van der Waals surface area contributed by atoms with E-state index >= 15 is 0 Å². The van der Waals surface area contributed by atoms with Crippen molar-refractivity contribution in [1.82, 2.24) is 24.5 Å². The van der Waals surface area contributed by atoms with Crippen LogP contribution in [0.2, 0.25) is 51.4 Å². The number of ether oxygens (including phenoxy) is 4. The Hall–Kier alpha value is -3.60. The summed E-state index contributed by atoms with van der Waals surface area (Å²) < 4.78 is 26.5. The van der Waals surface area contributed by atoms with Gasteiger partial charge in [0.25, 0.3) is 0 Å². The molecule has 3 aromatic heterocycles. The molecule has 54 heavy (non-hydrogen) atoms. The molecule has 0 N–H and O–H groups in total. The molecular weight excluding hydrogens is 717 g/mol. The van der Waals surface area contributed by atoms with Gasteiger partial charge in [0.15, 0.2) is 11.9 Å². The fraction of sp³-hybridized carbons (Fsp3) is 0.625. The number of carbonyl (C=O) groups is 2. The van der Waals surface area contributed by atoms with Gasteiger partial charge in [0.1, 0.15) is 30.6 Å². The largest absolute Gasteiger partial charge is 0.501 e. The summed E-state index contributed by atoms with van der Waals surface area (Å²) in [5, 5.41) is 4.95. The van der Waals surface area contributed by atoms with Crippen LogP contribution >= 0.6 is 0 Å². The van der Waals surface area contributed by atoms with E-state index in [1.54, 1.807) is 18.5 Å². The first-order valence-corrected chi connectivity index (χ1v) is 26.9. The summed E-state index contributed by atoms with van der Waals surface area (Å²) in [4.78, 5) is 38.8. The molecule has 5 rings (SSSR count). The number of carbonyl (C=O) groups excluding carboxylic acids is 2. The van der Waals surface area contributed by atoms with E-state index in [0.717, 1.165) is 72.3 Å². The monoisotopic (exact) mass is 778 g/mol. The van der Waals surface area contributed by atoms with Crippen LogP contribution in [-0.4, -0.2) is 104 Å². The molecule has 0 aromatic carbocycles. The summed E-state index contributed by atoms with van der Waals surface area (Å²) in [5.41, 5.74) is 3.88. The minimum absolute atomic E-state index is 0.0455. The number of aldehydes is 1. The smallest absolute Gasteiger partial charge is 0.410 e. The van der Waals surface area contributed by atoms with Crippen LogP contribution in [0.15, 0.2) is 30.8 Å². The SMILES string of the molecule is CCO/C=C\c1c([C@H]2C[C@H]3CC[C@@H](C2)N3C(=O)OC(C)(C)C)nc2c(-c3ccc(C=O)nc3)cnn2c1N(COCC[Si](C)(C)C)COCC[Si](C)(C)C. The summed E-state index contributed by atoms with van der Waals surface area (Å²) in [6.45, 7) is 24.3. The van der Waals surface area contributed by atoms with Gasteiger partial charge in [-0.25, -0.2) is 9.78 Å². The average Bonchev–Trinajstić information content (AvgIpc) is 3.63. The molecule has 14 heteroatoms. The second kappa shape index (κ2) is 17.5. The second-order valence-electron chi connectivity index (χ2n) is 18.1. The van der Waals surface area contributed by atoms with Crippen molar-refractivity contribution >= 4 is 46.1 Å². The van der Waals surface area contributed by atoms with E-state index in [2.05, 4.69) is 49.2 Å². The Morgan fingerprint density at radius 1 is 0.963 bits per heavy atom. The Kier molecular flexibility index (Phi) is 13.4. The number of rotatable bonds is 17. The van der Waals surface area contributed by atoms with E-state index in [0.29, 0.717) is 44.6 Å². The first-order chi connectivity index (χ1) is 25.5. The molecule has 2 aliphatic rings. The predicted octanol–water partition coefficient (Wildman–Crippen LogP) is 8.69. The normalized spacial score (nSPS) is 19.1. The average molecular weight is 779 g/mol. The third-order valence-corrected chi connectivity index (χ3v) is 13.3. The van der Waals surface area contributed by atoms with E-state index < -0.39 is 21.7 Å². The quantitative estimate of drug-likeness (QED) is 0.0433. The highest BCUT2D eigenvalue weighted by Crippen LogP contribution is 2.46. The summed E-state index contributed by atoms with van der Waals surface area (Å²) in [6, 6.07) is 5.77. The molecule has 0 saturated carbocycles. The summed E-state index contributed by atoms with van der Waals surface area (Å²) in [7, 11) is -2.67. The van der Waals surface area contributed by atoms with Crippen molar-refractivity contribution in [1.29, 1.82) is 0 Å². The van der Waals surface area contributed by atoms with Crippen molar-refractivity contribution in [3.05, 3.63) is 47.7 Å². The molecule has 0 aliphatic carbocycles. The minimum Gasteiger partial charge on any atom is -0.501 e. The molecule has 12 nitrogen and oxygen atoms in total. The second-order valence-corrected chi connectivity index (χ2v) is 29.3. The van der Waals surface area contributed by atoms with Gasteiger partial charge in [-0.1, -0.05) is 45.3 Å². The van der Waals surface area contributed by atoms with E-state index in [9.17, 15) is 9.59 Å². The van der Waals surface area contributed by atoms with Gasteiger partial charge in [-0.2, -0.15) is 9.61 Å². The lowest BCUT2D eigenvalue weighted by Gasteiger charge is -2.40. The fourth-order valence-corrected chi connectivity index (χ4v) is 8.63. The zero-order valence-electron chi connectivity index (χ0n) is 34.2. The van der Waals surface area contributed by atoms with Crippen LogP contribution in [0.5, 0.6) is 0 Å². The van der Waals surface area contributed by atoms with Gasteiger partial charge in [-0.3, -0.25) is 9.78 Å². The summed E-state index contributed by atoms with van der Waals surface area (Å²) >= 11 is 0. The lowest BCUT2D eigenvalue weighted by molar-refractivity contribution is 0.00567. The van der Waals surface area contributed by atoms with Crippen molar-refractivity contribution in [2.75, 3.05) is 38.2 Å². The molecule has 296 valence electrons. The van der Waals surface area contributed by atoms with Crippen molar-refractivity contribution in [3.63, 3.8) is 0 Å². The van der Waals surface area contributed by atoms with Crippen molar-refractivity contribution in [2.45, 2.75) is 128 Å². The van der Waals surface area contributed by atoms with Crippen LogP contribution in [0.25, 0.3) is 22.9 Å². The maximum atomic E-state index is 13.5. The molecule has 0 radical (unpaired) electrons. The predicted molar refractivity (Wildman–Crippen MR) is 220 cm³/mol. The van der Waals surface area contributed by atoms with Gasteiger partial charge in [0.05, 0.1) is 24.8 Å². The van der Waals surface area contributed by atoms with Crippen LogP contribution < -0.4 is 4.90 Å². The molecule has 2 aliphatic heterocycles. The number of hydrogen-bond donors (Lipinski definition) is 0. The molecular formula is C40H62N6O6Si2. The maximum absolute atomic E-state index is 13.5. The van der Waals surface area contributed by atoms with Gasteiger partial charge in [0, 0.05) is 70.3 Å². The number of hydrogen-bond acceptors (Lipinski definition) is 10. The molecule has 0 unspecified atom stereocenters. The van der Waals surface area contributed by atoms with Crippen LogP contribution in [0.3, 0.4) is 0 Å². The van der Waals surface area contributed by atoms with Gasteiger partial charge in [-0.15, -0.1) is 0 Å². The first kappa shape index (κ1) is 41.6. The molecule has 3 atom stereocenters. The number of piperidine rings is 1. The van der Waals surface area contributed by atoms with Crippen molar-refractivity contribution in [2.24, 2.45) is 0 Å². The molecule has 2 bridgehead atoms. The number of fused-ring (bicyclic) bond motifs is 3. The third-order valence-electron chi connectivity index (χ3n) is 9.91. The van der Waals surface area contributed by atoms with Gasteiger partial charge in [-0.05, 0) is 77.6 Å². The van der Waals surface area contributed by atoms with E-state index in [1.165, 1.54) is 0 Å². The molecule has 3 aromatic rings. The zero-order valence-corrected chi connectivity index (χ0v) is 36.2. The number of amides is 1. The molecule has 0 spiro atoms. The number of nitrogens with zero attached hydrogens (tertiary/aromatic N) is 6. The number of pyridine rings is 1. The van der Waals surface area contributed by atoms with Gasteiger partial charge < -0.3 is 28.7 Å². The Labute approximate surface area is 323 Å². The summed E-state index contributed by atoms with van der Waals surface area (Å²) in [5.74, 6) is 0.851. The highest BCUT2D eigenvalue weighted by Gasteiger charge is 2.46. The lowest BCUT2D eigenvalue weighted by atomic mass is 9.86. The Morgan fingerprint density at radius 2 is 1.59 bits per heavy atom. The summed E-state index contributed by atoms with van der Waals surface area (Å²) in [6.07, 6.45) is 11.1. The zero-order chi connectivity index (χ0) is 39.3. The van der Waals surface area contributed by atoms with E-state index in [-0.39, 0.29) is 24.1 Å². The van der Waals surface area contributed by atoms with Crippen molar-refractivity contribution in [3.8, 4) is 11.1 Å². The Bertz CT molecular complexity index is 1730. The highest BCUT2D eigenvalue weighted by molar-refractivity contribution is 6.76. The standard InChI is InChI=1S/C40H62N6O6Si2/c1-11-49-17-16-34-36(30-22-32-14-15-33(23-30)45(32)39(48)52-40(2,3)4)43-37-35(29-12-13-31(26-47)41-24-29)25-42-46(37)38(34)44(27-50-18-20-53(5,6)7)28-51-19-21-54(8,9)10/h12-13,16-17,24-26,30,32-33H,11,14-15,18-23,27-28H2,1-10H3/b17-16-/t30-,32+,33-. The van der Waals surface area contributed by atoms with Crippen LogP contribution in [0.1, 0.15) is 81.0 Å². The Balaban J connectivity index is 1.65. The van der Waals surface area contributed by atoms with Crippen LogP contribution in [0.4, 0.5) is 10.6 Å². The first-order valence-electron chi connectivity index (χ1n) is 19.5. The lowest BCUT2D eigenvalue weighted by Crippen LogP contribution is -2.48. The third kappa shape index (κ3) is 10.8. The molecule has 1 amide bonds. The topological polar surface area (TPSA) is 121 Å². The highest BCUT2D eigenvalue weighted by atomic mass is 28.3. The Morgan fingerprint density at radius 3 is 2.11 bits per heavy atom. The van der Waals surface area contributed by atoms with Crippen LogP contribution in [0, 0.1) is 0 Å². The number of aromatic nitrogens is 4. The number of anilines is 1. The van der Waals surface area contributed by atoms with Crippen LogP contribution in [-0.2, 0) is 18.9 Å². The maximum Gasteiger partial charge on any atom is 0.410 e. The van der Waals surface area contributed by atoms with Crippen molar-refractivity contribution < 1.29 is 28.5 Å². The van der Waals surface area contributed by atoms with Gasteiger partial charge in [0.2, 0.25) is 0 Å². The van der Waals surface area contributed by atoms with E-state index in [4.69, 9.17) is 29.0 Å².